The Labute approximate surface area is 136 Å². The maximum Gasteiger partial charge on any atom is 0.229 e. The van der Waals surface area contributed by atoms with Crippen LogP contribution < -0.4 is 5.32 Å². The highest BCUT2D eigenvalue weighted by Gasteiger charge is 2.35. The molecular formula is C17H22N2O2S. The molecule has 1 aromatic carbocycles. The quantitative estimate of drug-likeness (QED) is 0.647. The summed E-state index contributed by atoms with van der Waals surface area (Å²) in [5.74, 6) is 0.496. The van der Waals surface area contributed by atoms with Crippen molar-refractivity contribution in [1.29, 1.82) is 0 Å². The minimum absolute atomic E-state index is 0.0597. The predicted molar refractivity (Wildman–Crippen MR) is 90.9 cm³/mol. The number of amides is 2. The van der Waals surface area contributed by atoms with Gasteiger partial charge >= 0.3 is 0 Å². The minimum atomic E-state index is -0.271. The summed E-state index contributed by atoms with van der Waals surface area (Å²) >= 11 is 1.63. The van der Waals surface area contributed by atoms with E-state index in [9.17, 15) is 9.59 Å². The number of nitrogens with one attached hydrogen (secondary N) is 1. The van der Waals surface area contributed by atoms with Crippen LogP contribution in [0.4, 0.5) is 5.69 Å². The number of likely N-dealkylation sites (tertiary alicyclic amines) is 1. The van der Waals surface area contributed by atoms with Crippen molar-refractivity contribution in [3.63, 3.8) is 0 Å². The first-order valence-corrected chi connectivity index (χ1v) is 8.44. The lowest BCUT2D eigenvalue weighted by Gasteiger charge is -2.20. The van der Waals surface area contributed by atoms with E-state index < -0.39 is 0 Å². The van der Waals surface area contributed by atoms with Gasteiger partial charge in [0.05, 0.1) is 11.6 Å². The molecule has 0 spiro atoms. The summed E-state index contributed by atoms with van der Waals surface area (Å²) in [4.78, 5) is 27.1. The standard InChI is InChI=1S/C17H22N2O2S/c1-4-9-22-15-8-6-5-7-14(15)18-17(21)13-10-16(20)19(11-13)12(2)3/h4-8,12-13H,1,9-11H2,2-3H3,(H,18,21)/t13-/m1/s1. The number of hydrogen-bond acceptors (Lipinski definition) is 3. The SMILES string of the molecule is C=CCSc1ccccc1NC(=O)[C@@H]1CC(=O)N(C(C)C)C1. The van der Waals surface area contributed by atoms with Crippen LogP contribution in [0.1, 0.15) is 20.3 Å². The first-order valence-electron chi connectivity index (χ1n) is 7.46. The van der Waals surface area contributed by atoms with Gasteiger partial charge in [-0.3, -0.25) is 9.59 Å². The fourth-order valence-corrected chi connectivity index (χ4v) is 3.23. The van der Waals surface area contributed by atoms with Gasteiger partial charge in [0, 0.05) is 29.7 Å². The molecule has 2 amide bonds. The summed E-state index contributed by atoms with van der Waals surface area (Å²) in [5, 5.41) is 2.97. The smallest absolute Gasteiger partial charge is 0.229 e. The van der Waals surface area contributed by atoms with Crippen molar-refractivity contribution in [1.82, 2.24) is 4.90 Å². The zero-order valence-electron chi connectivity index (χ0n) is 13.0. The average molecular weight is 318 g/mol. The number of nitrogens with zero attached hydrogens (tertiary/aromatic N) is 1. The minimum Gasteiger partial charge on any atom is -0.339 e. The van der Waals surface area contributed by atoms with Gasteiger partial charge in [0.2, 0.25) is 11.8 Å². The first-order chi connectivity index (χ1) is 10.5. The zero-order valence-corrected chi connectivity index (χ0v) is 13.9. The van der Waals surface area contributed by atoms with Crippen molar-refractivity contribution in [2.45, 2.75) is 31.2 Å². The van der Waals surface area contributed by atoms with E-state index in [-0.39, 0.29) is 23.8 Å². The van der Waals surface area contributed by atoms with Gasteiger partial charge in [-0.1, -0.05) is 18.2 Å². The van der Waals surface area contributed by atoms with Crippen LogP contribution >= 0.6 is 11.8 Å². The molecule has 1 atom stereocenters. The van der Waals surface area contributed by atoms with Crippen molar-refractivity contribution < 1.29 is 9.59 Å². The molecule has 0 saturated carbocycles. The second-order valence-corrected chi connectivity index (χ2v) is 6.69. The molecule has 1 heterocycles. The van der Waals surface area contributed by atoms with E-state index in [0.29, 0.717) is 13.0 Å². The lowest BCUT2D eigenvalue weighted by atomic mass is 10.1. The summed E-state index contributed by atoms with van der Waals surface area (Å²) in [6.07, 6.45) is 2.13. The molecule has 0 radical (unpaired) electrons. The maximum atomic E-state index is 12.4. The molecule has 1 aromatic rings. The molecule has 1 N–H and O–H groups in total. The van der Waals surface area contributed by atoms with E-state index in [4.69, 9.17) is 0 Å². The van der Waals surface area contributed by atoms with E-state index in [1.165, 1.54) is 0 Å². The molecule has 118 valence electrons. The third-order valence-corrected chi connectivity index (χ3v) is 4.72. The highest BCUT2D eigenvalue weighted by Crippen LogP contribution is 2.28. The van der Waals surface area contributed by atoms with Crippen LogP contribution in [0, 0.1) is 5.92 Å². The number of carbonyl (C=O) groups excluding carboxylic acids is 2. The molecule has 0 bridgehead atoms. The molecule has 0 aliphatic carbocycles. The van der Waals surface area contributed by atoms with E-state index in [1.807, 2.05) is 44.2 Å². The Hall–Kier alpha value is -1.75. The Kier molecular flexibility index (Phi) is 5.66. The summed E-state index contributed by atoms with van der Waals surface area (Å²) < 4.78 is 0. The summed E-state index contributed by atoms with van der Waals surface area (Å²) in [6, 6.07) is 7.85. The van der Waals surface area contributed by atoms with Gasteiger partial charge in [0.15, 0.2) is 0 Å². The van der Waals surface area contributed by atoms with Gasteiger partial charge < -0.3 is 10.2 Å². The second-order valence-electron chi connectivity index (χ2n) is 5.63. The van der Waals surface area contributed by atoms with Crippen LogP contribution in [0.2, 0.25) is 0 Å². The molecule has 22 heavy (non-hydrogen) atoms. The second kappa shape index (κ2) is 7.49. The summed E-state index contributed by atoms with van der Waals surface area (Å²) in [6.45, 7) is 8.16. The lowest BCUT2D eigenvalue weighted by molar-refractivity contribution is -0.129. The average Bonchev–Trinajstić information content (AvgIpc) is 2.88. The molecule has 1 saturated heterocycles. The molecule has 5 heteroatoms. The van der Waals surface area contributed by atoms with Crippen LogP contribution in [0.5, 0.6) is 0 Å². The van der Waals surface area contributed by atoms with Crippen LogP contribution in [-0.4, -0.2) is 35.1 Å². The molecular weight excluding hydrogens is 296 g/mol. The maximum absolute atomic E-state index is 12.4. The van der Waals surface area contributed by atoms with Gasteiger partial charge in [0.1, 0.15) is 0 Å². The summed E-state index contributed by atoms with van der Waals surface area (Å²) in [5.41, 5.74) is 0.801. The number of thioether (sulfide) groups is 1. The lowest BCUT2D eigenvalue weighted by Crippen LogP contribution is -2.33. The summed E-state index contributed by atoms with van der Waals surface area (Å²) in [7, 11) is 0. The molecule has 1 fully saturated rings. The number of para-hydroxylation sites is 1. The monoisotopic (exact) mass is 318 g/mol. The van der Waals surface area contributed by atoms with Crippen LogP contribution in [0.25, 0.3) is 0 Å². The van der Waals surface area contributed by atoms with E-state index in [0.717, 1.165) is 16.3 Å². The zero-order chi connectivity index (χ0) is 16.1. The van der Waals surface area contributed by atoms with E-state index in [2.05, 4.69) is 11.9 Å². The molecule has 2 rings (SSSR count). The van der Waals surface area contributed by atoms with Crippen LogP contribution in [-0.2, 0) is 9.59 Å². The van der Waals surface area contributed by atoms with Crippen LogP contribution in [0.15, 0.2) is 41.8 Å². The number of hydrogen-bond donors (Lipinski definition) is 1. The molecule has 1 aliphatic rings. The van der Waals surface area contributed by atoms with E-state index in [1.54, 1.807) is 16.7 Å². The fraction of sp³-hybridized carbons (Fsp3) is 0.412. The first kappa shape index (κ1) is 16.6. The largest absolute Gasteiger partial charge is 0.339 e. The Balaban J connectivity index is 2.04. The third-order valence-electron chi connectivity index (χ3n) is 3.65. The Morgan fingerprint density at radius 2 is 2.23 bits per heavy atom. The Morgan fingerprint density at radius 3 is 2.86 bits per heavy atom. The van der Waals surface area contributed by atoms with Crippen molar-refractivity contribution in [2.75, 3.05) is 17.6 Å². The van der Waals surface area contributed by atoms with Gasteiger partial charge in [-0.15, -0.1) is 18.3 Å². The number of rotatable bonds is 6. The number of benzene rings is 1. The predicted octanol–water partition coefficient (Wildman–Crippen LogP) is 3.16. The van der Waals surface area contributed by atoms with Gasteiger partial charge in [-0.25, -0.2) is 0 Å². The number of carbonyl (C=O) groups is 2. The van der Waals surface area contributed by atoms with Crippen molar-refractivity contribution in [3.05, 3.63) is 36.9 Å². The molecule has 0 aromatic heterocycles. The number of anilines is 1. The molecule has 1 aliphatic heterocycles. The van der Waals surface area contributed by atoms with Gasteiger partial charge in [-0.05, 0) is 26.0 Å². The van der Waals surface area contributed by atoms with Crippen LogP contribution in [0.3, 0.4) is 0 Å². The Morgan fingerprint density at radius 1 is 1.50 bits per heavy atom. The van der Waals surface area contributed by atoms with Gasteiger partial charge in [-0.2, -0.15) is 0 Å². The van der Waals surface area contributed by atoms with Crippen molar-refractivity contribution in [3.8, 4) is 0 Å². The van der Waals surface area contributed by atoms with Gasteiger partial charge in [0.25, 0.3) is 0 Å². The molecule has 4 nitrogen and oxygen atoms in total. The van der Waals surface area contributed by atoms with Crippen molar-refractivity contribution in [2.24, 2.45) is 5.92 Å². The molecule has 0 unspecified atom stereocenters. The third kappa shape index (κ3) is 3.91. The Bertz CT molecular complexity index is 572. The normalized spacial score (nSPS) is 17.9. The van der Waals surface area contributed by atoms with Crippen molar-refractivity contribution >= 4 is 29.3 Å². The topological polar surface area (TPSA) is 49.4 Å². The highest BCUT2D eigenvalue weighted by molar-refractivity contribution is 7.99. The highest BCUT2D eigenvalue weighted by atomic mass is 32.2. The fourth-order valence-electron chi connectivity index (χ4n) is 2.49. The van der Waals surface area contributed by atoms with E-state index >= 15 is 0 Å².